The first kappa shape index (κ1) is 16.6. The van der Waals surface area contributed by atoms with E-state index in [2.05, 4.69) is 28.9 Å². The number of benzene rings is 1. The van der Waals surface area contributed by atoms with E-state index in [-0.39, 0.29) is 5.91 Å². The molecule has 4 rings (SSSR count). The summed E-state index contributed by atoms with van der Waals surface area (Å²) in [6.07, 6.45) is 3.25. The smallest absolute Gasteiger partial charge is 0.289 e. The highest BCUT2D eigenvalue weighted by atomic mass is 16.3. The number of piperazine rings is 1. The van der Waals surface area contributed by atoms with E-state index in [1.807, 2.05) is 17.0 Å². The maximum absolute atomic E-state index is 12.3. The summed E-state index contributed by atoms with van der Waals surface area (Å²) in [5, 5.41) is 0. The molecule has 2 aromatic heterocycles. The highest BCUT2D eigenvalue weighted by molar-refractivity contribution is 5.91. The molecule has 1 saturated heterocycles. The Labute approximate surface area is 152 Å². The fourth-order valence-corrected chi connectivity index (χ4v) is 3.18. The first-order valence-corrected chi connectivity index (χ1v) is 8.75. The van der Waals surface area contributed by atoms with Crippen molar-refractivity contribution in [3.8, 4) is 11.5 Å². The van der Waals surface area contributed by atoms with Crippen LogP contribution in [0.5, 0.6) is 0 Å². The summed E-state index contributed by atoms with van der Waals surface area (Å²) >= 11 is 0. The van der Waals surface area contributed by atoms with E-state index in [0.29, 0.717) is 24.7 Å². The molecule has 1 aliphatic heterocycles. The predicted octanol–water partition coefficient (Wildman–Crippen LogP) is 3.20. The minimum Gasteiger partial charge on any atom is -0.459 e. The number of hydrogen-bond donors (Lipinski definition) is 0. The normalized spacial score (nSPS) is 15.3. The van der Waals surface area contributed by atoms with Crippen LogP contribution in [0.25, 0.3) is 11.5 Å². The van der Waals surface area contributed by atoms with E-state index in [1.54, 1.807) is 18.4 Å². The molecule has 0 unspecified atom stereocenters. The second-order valence-corrected chi connectivity index (χ2v) is 6.56. The second-order valence-electron chi connectivity index (χ2n) is 6.56. The Kier molecular flexibility index (Phi) is 4.58. The summed E-state index contributed by atoms with van der Waals surface area (Å²) in [6, 6.07) is 11.6. The van der Waals surface area contributed by atoms with Crippen molar-refractivity contribution < 1.29 is 13.6 Å². The fraction of sp³-hybridized carbons (Fsp3) is 0.300. The van der Waals surface area contributed by atoms with Gasteiger partial charge >= 0.3 is 0 Å². The molecule has 1 amide bonds. The highest BCUT2D eigenvalue weighted by Gasteiger charge is 2.24. The molecule has 0 bridgehead atoms. The lowest BCUT2D eigenvalue weighted by atomic mass is 10.1. The minimum absolute atomic E-state index is 0.0437. The molecule has 0 spiro atoms. The van der Waals surface area contributed by atoms with Crippen LogP contribution in [0.15, 0.2) is 57.8 Å². The van der Waals surface area contributed by atoms with Gasteiger partial charge in [0.05, 0.1) is 12.0 Å². The summed E-state index contributed by atoms with van der Waals surface area (Å²) in [5.74, 6) is 1.01. The lowest BCUT2D eigenvalue weighted by molar-refractivity contribution is 0.0596. The molecule has 26 heavy (non-hydrogen) atoms. The summed E-state index contributed by atoms with van der Waals surface area (Å²) < 4.78 is 10.8. The molecule has 134 valence electrons. The lowest BCUT2D eigenvalue weighted by Gasteiger charge is -2.33. The van der Waals surface area contributed by atoms with Gasteiger partial charge in [-0.1, -0.05) is 17.7 Å². The molecule has 0 radical (unpaired) electrons. The third-order valence-electron chi connectivity index (χ3n) is 4.59. The number of carbonyl (C=O) groups excluding carboxylic acids is 1. The van der Waals surface area contributed by atoms with Gasteiger partial charge in [0.2, 0.25) is 5.89 Å². The fourth-order valence-electron chi connectivity index (χ4n) is 3.18. The van der Waals surface area contributed by atoms with Crippen molar-refractivity contribution in [3.63, 3.8) is 0 Å². The Morgan fingerprint density at radius 1 is 1.12 bits per heavy atom. The molecule has 3 heterocycles. The van der Waals surface area contributed by atoms with Crippen molar-refractivity contribution in [2.45, 2.75) is 13.5 Å². The molecule has 1 aromatic carbocycles. The van der Waals surface area contributed by atoms with Gasteiger partial charge in [0.1, 0.15) is 6.26 Å². The molecule has 0 N–H and O–H groups in total. The predicted molar refractivity (Wildman–Crippen MR) is 96.6 cm³/mol. The number of aromatic nitrogens is 1. The summed E-state index contributed by atoms with van der Waals surface area (Å²) in [7, 11) is 0. The molecule has 0 aliphatic carbocycles. The van der Waals surface area contributed by atoms with Gasteiger partial charge in [0.25, 0.3) is 5.91 Å². The summed E-state index contributed by atoms with van der Waals surface area (Å²) in [5.41, 5.74) is 3.08. The number of amides is 1. The second kappa shape index (κ2) is 7.17. The van der Waals surface area contributed by atoms with E-state index in [1.165, 1.54) is 11.8 Å². The Bertz CT molecular complexity index is 877. The Balaban J connectivity index is 1.34. The Morgan fingerprint density at radius 3 is 2.69 bits per heavy atom. The number of aryl methyl sites for hydroxylation is 1. The SMILES string of the molecule is Cc1cccc(-c2nc(CN3CCN(C(=O)c4ccco4)CC3)co2)c1. The van der Waals surface area contributed by atoms with Gasteiger partial charge in [0, 0.05) is 38.3 Å². The molecule has 1 fully saturated rings. The van der Waals surface area contributed by atoms with Crippen molar-refractivity contribution >= 4 is 5.91 Å². The van der Waals surface area contributed by atoms with Crippen LogP contribution in [0, 0.1) is 6.92 Å². The van der Waals surface area contributed by atoms with Crippen LogP contribution in [0.3, 0.4) is 0 Å². The summed E-state index contributed by atoms with van der Waals surface area (Å²) in [4.78, 5) is 21.0. The third-order valence-corrected chi connectivity index (χ3v) is 4.59. The molecule has 6 nitrogen and oxygen atoms in total. The zero-order chi connectivity index (χ0) is 17.9. The van der Waals surface area contributed by atoms with Crippen LogP contribution in [-0.4, -0.2) is 46.9 Å². The number of rotatable bonds is 4. The largest absolute Gasteiger partial charge is 0.459 e. The molecule has 6 heteroatoms. The van der Waals surface area contributed by atoms with Crippen molar-refractivity contribution in [2.75, 3.05) is 26.2 Å². The zero-order valence-electron chi connectivity index (χ0n) is 14.7. The number of hydrogen-bond acceptors (Lipinski definition) is 5. The van der Waals surface area contributed by atoms with Crippen molar-refractivity contribution in [2.24, 2.45) is 0 Å². The van der Waals surface area contributed by atoms with E-state index < -0.39 is 0 Å². The van der Waals surface area contributed by atoms with Gasteiger partial charge in [0.15, 0.2) is 5.76 Å². The molecule has 1 aliphatic rings. The topological polar surface area (TPSA) is 62.7 Å². The molecular weight excluding hydrogens is 330 g/mol. The average molecular weight is 351 g/mol. The van der Waals surface area contributed by atoms with Crippen LogP contribution in [0.1, 0.15) is 21.8 Å². The van der Waals surface area contributed by atoms with E-state index in [9.17, 15) is 4.79 Å². The van der Waals surface area contributed by atoms with Crippen molar-refractivity contribution in [1.29, 1.82) is 0 Å². The standard InChI is InChI=1S/C20H21N3O3/c1-15-4-2-5-16(12-15)19-21-17(14-26-19)13-22-7-9-23(10-8-22)20(24)18-6-3-11-25-18/h2-6,11-12,14H,7-10,13H2,1H3. The van der Waals surface area contributed by atoms with Gasteiger partial charge in [-0.2, -0.15) is 0 Å². The van der Waals surface area contributed by atoms with Gasteiger partial charge in [-0.3, -0.25) is 9.69 Å². The maximum Gasteiger partial charge on any atom is 0.289 e. The lowest BCUT2D eigenvalue weighted by Crippen LogP contribution is -2.48. The Morgan fingerprint density at radius 2 is 1.96 bits per heavy atom. The van der Waals surface area contributed by atoms with Crippen molar-refractivity contribution in [1.82, 2.24) is 14.8 Å². The molecular formula is C20H21N3O3. The quantitative estimate of drug-likeness (QED) is 0.722. The number of oxazole rings is 1. The molecule has 0 saturated carbocycles. The monoisotopic (exact) mass is 351 g/mol. The van der Waals surface area contributed by atoms with Gasteiger partial charge in [-0.25, -0.2) is 4.98 Å². The molecule has 3 aromatic rings. The first-order valence-electron chi connectivity index (χ1n) is 8.75. The van der Waals surface area contributed by atoms with Gasteiger partial charge < -0.3 is 13.7 Å². The van der Waals surface area contributed by atoms with Crippen LogP contribution in [0.2, 0.25) is 0 Å². The zero-order valence-corrected chi connectivity index (χ0v) is 14.7. The number of nitrogens with zero attached hydrogens (tertiary/aromatic N) is 3. The average Bonchev–Trinajstić information content (AvgIpc) is 3.34. The van der Waals surface area contributed by atoms with E-state index >= 15 is 0 Å². The van der Waals surface area contributed by atoms with E-state index in [4.69, 9.17) is 8.83 Å². The minimum atomic E-state index is -0.0437. The maximum atomic E-state index is 12.3. The summed E-state index contributed by atoms with van der Waals surface area (Å²) in [6.45, 7) is 5.75. The number of furan rings is 1. The third kappa shape index (κ3) is 3.55. The van der Waals surface area contributed by atoms with Gasteiger partial charge in [-0.05, 0) is 31.2 Å². The molecule has 0 atom stereocenters. The van der Waals surface area contributed by atoms with Gasteiger partial charge in [-0.15, -0.1) is 0 Å². The Hall–Kier alpha value is -2.86. The van der Waals surface area contributed by atoms with Crippen LogP contribution in [0.4, 0.5) is 0 Å². The number of carbonyl (C=O) groups is 1. The van der Waals surface area contributed by atoms with Crippen LogP contribution < -0.4 is 0 Å². The van der Waals surface area contributed by atoms with Crippen LogP contribution >= 0.6 is 0 Å². The van der Waals surface area contributed by atoms with E-state index in [0.717, 1.165) is 30.9 Å². The highest BCUT2D eigenvalue weighted by Crippen LogP contribution is 2.20. The first-order chi connectivity index (χ1) is 12.7. The van der Waals surface area contributed by atoms with Crippen molar-refractivity contribution in [3.05, 3.63) is 65.9 Å². The van der Waals surface area contributed by atoms with Crippen LogP contribution in [-0.2, 0) is 6.54 Å².